The largest absolute Gasteiger partial charge is 0.494 e. The molecule has 0 saturated carbocycles. The van der Waals surface area contributed by atoms with Crippen LogP contribution in [0.1, 0.15) is 31.2 Å². The van der Waals surface area contributed by atoms with Gasteiger partial charge >= 0.3 is 6.03 Å². The van der Waals surface area contributed by atoms with Crippen LogP contribution in [0.15, 0.2) is 24.3 Å². The Morgan fingerprint density at radius 2 is 2.25 bits per heavy atom. The van der Waals surface area contributed by atoms with E-state index in [-0.39, 0.29) is 6.03 Å². The van der Waals surface area contributed by atoms with Gasteiger partial charge in [0.1, 0.15) is 5.75 Å². The van der Waals surface area contributed by atoms with E-state index in [1.54, 1.807) is 4.90 Å². The van der Waals surface area contributed by atoms with Crippen LogP contribution in [0.5, 0.6) is 5.75 Å². The zero-order chi connectivity index (χ0) is 17.4. The van der Waals surface area contributed by atoms with Gasteiger partial charge in [-0.3, -0.25) is 0 Å². The minimum absolute atomic E-state index is 0.00419. The smallest absolute Gasteiger partial charge is 0.317 e. The summed E-state index contributed by atoms with van der Waals surface area (Å²) in [5.74, 6) is 0.891. The van der Waals surface area contributed by atoms with Crippen molar-refractivity contribution in [3.8, 4) is 5.75 Å². The van der Waals surface area contributed by atoms with E-state index in [4.69, 9.17) is 4.74 Å². The Balaban J connectivity index is 1.61. The maximum atomic E-state index is 12.2. The maximum Gasteiger partial charge on any atom is 0.317 e. The van der Waals surface area contributed by atoms with Crippen LogP contribution in [0, 0.1) is 6.92 Å². The molecule has 5 heteroatoms. The van der Waals surface area contributed by atoms with Crippen molar-refractivity contribution in [1.29, 1.82) is 0 Å². The number of nitrogens with zero attached hydrogens (tertiary/aromatic N) is 2. The van der Waals surface area contributed by atoms with E-state index in [0.717, 1.165) is 25.3 Å². The zero-order valence-corrected chi connectivity index (χ0v) is 15.3. The van der Waals surface area contributed by atoms with Gasteiger partial charge in [-0.1, -0.05) is 18.6 Å². The topological polar surface area (TPSA) is 44.8 Å². The summed E-state index contributed by atoms with van der Waals surface area (Å²) in [5.41, 5.74) is 1.19. The molecule has 1 N–H and O–H groups in total. The lowest BCUT2D eigenvalue weighted by Crippen LogP contribution is -2.47. The molecule has 134 valence electrons. The quantitative estimate of drug-likeness (QED) is 0.781. The number of hydrogen-bond donors (Lipinski definition) is 1. The molecule has 1 fully saturated rings. The van der Waals surface area contributed by atoms with Gasteiger partial charge in [-0.05, 0) is 57.5 Å². The average Bonchev–Trinajstić information content (AvgIpc) is 2.57. The molecule has 0 spiro atoms. The molecule has 1 aliphatic rings. The summed E-state index contributed by atoms with van der Waals surface area (Å²) < 4.78 is 5.72. The van der Waals surface area contributed by atoms with Gasteiger partial charge < -0.3 is 19.9 Å². The molecule has 0 radical (unpaired) electrons. The second-order valence-corrected chi connectivity index (χ2v) is 6.76. The van der Waals surface area contributed by atoms with E-state index in [1.807, 2.05) is 25.2 Å². The van der Waals surface area contributed by atoms with E-state index in [0.29, 0.717) is 19.2 Å². The van der Waals surface area contributed by atoms with Gasteiger partial charge in [-0.2, -0.15) is 0 Å². The number of urea groups is 1. The third kappa shape index (κ3) is 6.04. The molecule has 1 heterocycles. The van der Waals surface area contributed by atoms with Crippen molar-refractivity contribution < 1.29 is 9.53 Å². The first-order valence-electron chi connectivity index (χ1n) is 8.95. The summed E-state index contributed by atoms with van der Waals surface area (Å²) in [6.07, 6.45) is 4.52. The molecule has 1 aromatic carbocycles. The lowest BCUT2D eigenvalue weighted by atomic mass is 10.0. The number of carbonyl (C=O) groups is 1. The number of rotatable bonds is 7. The van der Waals surface area contributed by atoms with Gasteiger partial charge in [-0.15, -0.1) is 0 Å². The number of likely N-dealkylation sites (tertiary alicyclic amines) is 1. The van der Waals surface area contributed by atoms with Gasteiger partial charge in [0.05, 0.1) is 6.61 Å². The van der Waals surface area contributed by atoms with Gasteiger partial charge in [0, 0.05) is 26.2 Å². The van der Waals surface area contributed by atoms with Crippen molar-refractivity contribution in [2.24, 2.45) is 0 Å². The number of amides is 2. The summed E-state index contributed by atoms with van der Waals surface area (Å²) in [6.45, 7) is 5.23. The van der Waals surface area contributed by atoms with E-state index >= 15 is 0 Å². The third-order valence-electron chi connectivity index (χ3n) is 4.65. The summed E-state index contributed by atoms with van der Waals surface area (Å²) in [6, 6.07) is 8.51. The molecule has 0 unspecified atom stereocenters. The summed E-state index contributed by atoms with van der Waals surface area (Å²) in [5, 5.41) is 3.05. The maximum absolute atomic E-state index is 12.2. The highest BCUT2D eigenvalue weighted by atomic mass is 16.5. The number of benzene rings is 1. The molecule has 1 aliphatic heterocycles. The first kappa shape index (κ1) is 18.6. The van der Waals surface area contributed by atoms with Crippen molar-refractivity contribution >= 4 is 6.03 Å². The molecule has 1 saturated heterocycles. The number of likely N-dealkylation sites (N-methyl/N-ethyl adjacent to an activating group) is 1. The minimum Gasteiger partial charge on any atom is -0.494 e. The van der Waals surface area contributed by atoms with Crippen LogP contribution in [0.2, 0.25) is 0 Å². The van der Waals surface area contributed by atoms with Gasteiger partial charge in [0.25, 0.3) is 0 Å². The van der Waals surface area contributed by atoms with Gasteiger partial charge in [-0.25, -0.2) is 4.79 Å². The normalized spacial score (nSPS) is 18.2. The van der Waals surface area contributed by atoms with Crippen LogP contribution in [0.4, 0.5) is 4.79 Å². The Morgan fingerprint density at radius 3 is 3.00 bits per heavy atom. The number of ether oxygens (including phenoxy) is 1. The SMILES string of the molecule is Cc1cccc(OCCCN(C)C(=O)NC[C@@H]2CCCCN2C)c1. The molecule has 5 nitrogen and oxygen atoms in total. The number of carbonyl (C=O) groups excluding carboxylic acids is 1. The van der Waals surface area contributed by atoms with Crippen molar-refractivity contribution in [1.82, 2.24) is 15.1 Å². The highest BCUT2D eigenvalue weighted by Crippen LogP contribution is 2.14. The molecule has 0 aromatic heterocycles. The molecule has 2 amide bonds. The monoisotopic (exact) mass is 333 g/mol. The first-order chi connectivity index (χ1) is 11.6. The predicted octanol–water partition coefficient (Wildman–Crippen LogP) is 2.89. The van der Waals surface area contributed by atoms with Crippen LogP contribution >= 0.6 is 0 Å². The predicted molar refractivity (Wildman–Crippen MR) is 97.6 cm³/mol. The number of aryl methyl sites for hydroxylation is 1. The fourth-order valence-electron chi connectivity index (χ4n) is 3.04. The first-order valence-corrected chi connectivity index (χ1v) is 8.95. The van der Waals surface area contributed by atoms with Crippen LogP contribution in [0.3, 0.4) is 0 Å². The van der Waals surface area contributed by atoms with Crippen LogP contribution < -0.4 is 10.1 Å². The molecule has 1 atom stereocenters. The molecule has 24 heavy (non-hydrogen) atoms. The number of nitrogens with one attached hydrogen (secondary N) is 1. The number of hydrogen-bond acceptors (Lipinski definition) is 3. The second-order valence-electron chi connectivity index (χ2n) is 6.76. The number of piperidine rings is 1. The van der Waals surface area contributed by atoms with E-state index in [1.165, 1.54) is 24.8 Å². The molecule has 1 aromatic rings. The Kier molecular flexibility index (Phi) is 7.37. The molecule has 0 aliphatic carbocycles. The van der Waals surface area contributed by atoms with E-state index in [2.05, 4.69) is 30.3 Å². The highest BCUT2D eigenvalue weighted by molar-refractivity contribution is 5.73. The van der Waals surface area contributed by atoms with Crippen LogP contribution in [-0.4, -0.2) is 62.2 Å². The van der Waals surface area contributed by atoms with Crippen molar-refractivity contribution in [2.45, 2.75) is 38.6 Å². The Labute approximate surface area is 146 Å². The van der Waals surface area contributed by atoms with Crippen LogP contribution in [-0.2, 0) is 0 Å². The summed E-state index contributed by atoms with van der Waals surface area (Å²) >= 11 is 0. The molecular weight excluding hydrogens is 302 g/mol. The zero-order valence-electron chi connectivity index (χ0n) is 15.3. The Bertz CT molecular complexity index is 521. The molecular formula is C19H31N3O2. The van der Waals surface area contributed by atoms with E-state index < -0.39 is 0 Å². The molecule has 0 bridgehead atoms. The lowest BCUT2D eigenvalue weighted by Gasteiger charge is -2.33. The summed E-state index contributed by atoms with van der Waals surface area (Å²) in [7, 11) is 3.98. The minimum atomic E-state index is 0.00419. The van der Waals surface area contributed by atoms with Crippen molar-refractivity contribution in [3.05, 3.63) is 29.8 Å². The highest BCUT2D eigenvalue weighted by Gasteiger charge is 2.19. The Hall–Kier alpha value is -1.75. The van der Waals surface area contributed by atoms with Crippen molar-refractivity contribution in [2.75, 3.05) is 40.3 Å². The average molecular weight is 333 g/mol. The Morgan fingerprint density at radius 1 is 1.42 bits per heavy atom. The standard InChI is InChI=1S/C19H31N3O2/c1-16-8-6-10-18(14-16)24-13-7-12-22(3)19(23)20-15-17-9-4-5-11-21(17)2/h6,8,10,14,17H,4-5,7,9,11-13,15H2,1-3H3,(H,20,23)/t17-/m0/s1. The van der Waals surface area contributed by atoms with E-state index in [9.17, 15) is 4.79 Å². The van der Waals surface area contributed by atoms with Crippen LogP contribution in [0.25, 0.3) is 0 Å². The fourth-order valence-corrected chi connectivity index (χ4v) is 3.04. The lowest BCUT2D eigenvalue weighted by molar-refractivity contribution is 0.171. The van der Waals surface area contributed by atoms with Gasteiger partial charge in [0.2, 0.25) is 0 Å². The second kappa shape index (κ2) is 9.52. The fraction of sp³-hybridized carbons (Fsp3) is 0.632. The third-order valence-corrected chi connectivity index (χ3v) is 4.65. The van der Waals surface area contributed by atoms with Gasteiger partial charge in [0.15, 0.2) is 0 Å². The van der Waals surface area contributed by atoms with Crippen molar-refractivity contribution in [3.63, 3.8) is 0 Å². The summed E-state index contributed by atoms with van der Waals surface area (Å²) in [4.78, 5) is 16.2. The molecule has 2 rings (SSSR count).